The number of non-ortho nitro benzene ring substituents is 1. The van der Waals surface area contributed by atoms with Gasteiger partial charge in [-0.1, -0.05) is 17.4 Å². The molecule has 1 aromatic heterocycles. The van der Waals surface area contributed by atoms with Gasteiger partial charge in [-0.3, -0.25) is 10.1 Å². The first kappa shape index (κ1) is 13.3. The Bertz CT molecular complexity index is 571. The van der Waals surface area contributed by atoms with E-state index in [2.05, 4.69) is 10.3 Å². The molecular weight excluding hydrogens is 266 g/mol. The molecule has 0 saturated carbocycles. The Morgan fingerprint density at radius 1 is 1.53 bits per heavy atom. The standard InChI is InChI=1S/C12H13N3O3S/c1-2-13-12-14-7-11(19-12)8-18-10-5-3-4-9(6-10)15(16)17/h3-7H,2,8H2,1H3,(H,13,14). The van der Waals surface area contributed by atoms with Gasteiger partial charge in [0.05, 0.1) is 15.9 Å². The van der Waals surface area contributed by atoms with Crippen molar-refractivity contribution < 1.29 is 9.66 Å². The molecule has 0 saturated heterocycles. The van der Waals surface area contributed by atoms with Gasteiger partial charge in [0.1, 0.15) is 12.4 Å². The van der Waals surface area contributed by atoms with E-state index in [0.29, 0.717) is 12.4 Å². The molecule has 0 aliphatic rings. The highest BCUT2D eigenvalue weighted by Crippen LogP contribution is 2.22. The van der Waals surface area contributed by atoms with Crippen molar-refractivity contribution in [2.45, 2.75) is 13.5 Å². The molecule has 0 amide bonds. The minimum Gasteiger partial charge on any atom is -0.488 e. The zero-order valence-electron chi connectivity index (χ0n) is 10.3. The van der Waals surface area contributed by atoms with Crippen LogP contribution in [0.1, 0.15) is 11.8 Å². The van der Waals surface area contributed by atoms with Crippen LogP contribution in [0.3, 0.4) is 0 Å². The van der Waals surface area contributed by atoms with E-state index in [1.807, 2.05) is 6.92 Å². The van der Waals surface area contributed by atoms with E-state index < -0.39 is 4.92 Å². The lowest BCUT2D eigenvalue weighted by Gasteiger charge is -2.03. The molecule has 6 nitrogen and oxygen atoms in total. The Hall–Kier alpha value is -2.15. The van der Waals surface area contributed by atoms with Crippen LogP contribution < -0.4 is 10.1 Å². The summed E-state index contributed by atoms with van der Waals surface area (Å²) in [6.07, 6.45) is 1.74. The number of nitro benzene ring substituents is 1. The lowest BCUT2D eigenvalue weighted by atomic mass is 10.3. The summed E-state index contributed by atoms with van der Waals surface area (Å²) >= 11 is 1.51. The van der Waals surface area contributed by atoms with Gasteiger partial charge in [-0.2, -0.15) is 0 Å². The Kier molecular flexibility index (Phi) is 4.30. The number of rotatable bonds is 6. The minimum atomic E-state index is -0.442. The molecule has 0 aliphatic carbocycles. The smallest absolute Gasteiger partial charge is 0.273 e. The van der Waals surface area contributed by atoms with Crippen molar-refractivity contribution >= 4 is 22.2 Å². The predicted molar refractivity (Wildman–Crippen MR) is 73.7 cm³/mol. The SMILES string of the molecule is CCNc1ncc(COc2cccc([N+](=O)[O-])c2)s1. The fourth-order valence-electron chi connectivity index (χ4n) is 1.45. The van der Waals surface area contributed by atoms with Crippen LogP contribution in [0.2, 0.25) is 0 Å². The second kappa shape index (κ2) is 6.14. The Labute approximate surface area is 114 Å². The number of ether oxygens (including phenoxy) is 1. The minimum absolute atomic E-state index is 0.0233. The molecule has 1 N–H and O–H groups in total. The van der Waals surface area contributed by atoms with Crippen molar-refractivity contribution in [1.29, 1.82) is 0 Å². The van der Waals surface area contributed by atoms with Gasteiger partial charge >= 0.3 is 0 Å². The molecule has 0 bridgehead atoms. The topological polar surface area (TPSA) is 77.3 Å². The first-order valence-corrected chi connectivity index (χ1v) is 6.56. The molecule has 1 heterocycles. The summed E-state index contributed by atoms with van der Waals surface area (Å²) in [5.74, 6) is 0.479. The van der Waals surface area contributed by atoms with Crippen LogP contribution in [0.25, 0.3) is 0 Å². The normalized spacial score (nSPS) is 10.2. The molecule has 100 valence electrons. The fourth-order valence-corrected chi connectivity index (χ4v) is 2.24. The highest BCUT2D eigenvalue weighted by atomic mass is 32.1. The van der Waals surface area contributed by atoms with Gasteiger partial charge in [0.2, 0.25) is 0 Å². The molecular formula is C12H13N3O3S. The third-order valence-corrected chi connectivity index (χ3v) is 3.22. The molecule has 0 unspecified atom stereocenters. The van der Waals surface area contributed by atoms with Crippen LogP contribution >= 0.6 is 11.3 Å². The first-order valence-electron chi connectivity index (χ1n) is 5.75. The van der Waals surface area contributed by atoms with Gasteiger partial charge in [0, 0.05) is 18.8 Å². The molecule has 0 fully saturated rings. The van der Waals surface area contributed by atoms with Gasteiger partial charge in [0.25, 0.3) is 5.69 Å². The highest BCUT2D eigenvalue weighted by molar-refractivity contribution is 7.15. The molecule has 7 heteroatoms. The van der Waals surface area contributed by atoms with Crippen molar-refractivity contribution in [2.75, 3.05) is 11.9 Å². The number of nitrogens with one attached hydrogen (secondary N) is 1. The third-order valence-electron chi connectivity index (χ3n) is 2.29. The number of benzene rings is 1. The maximum Gasteiger partial charge on any atom is 0.273 e. The van der Waals surface area contributed by atoms with Crippen molar-refractivity contribution in [3.63, 3.8) is 0 Å². The van der Waals surface area contributed by atoms with E-state index in [1.165, 1.54) is 23.5 Å². The number of anilines is 1. The number of thiazole rings is 1. The lowest BCUT2D eigenvalue weighted by molar-refractivity contribution is -0.384. The molecule has 19 heavy (non-hydrogen) atoms. The molecule has 0 spiro atoms. The zero-order valence-corrected chi connectivity index (χ0v) is 11.1. The van der Waals surface area contributed by atoms with Crippen LogP contribution in [-0.4, -0.2) is 16.5 Å². The number of nitrogens with zero attached hydrogens (tertiary/aromatic N) is 2. The summed E-state index contributed by atoms with van der Waals surface area (Å²) < 4.78 is 5.51. The van der Waals surface area contributed by atoms with Crippen molar-refractivity contribution in [3.05, 3.63) is 45.5 Å². The average molecular weight is 279 g/mol. The number of nitro groups is 1. The summed E-state index contributed by atoms with van der Waals surface area (Å²) in [6.45, 7) is 3.17. The van der Waals surface area contributed by atoms with Crippen LogP contribution in [0, 0.1) is 10.1 Å². The summed E-state index contributed by atoms with van der Waals surface area (Å²) in [6, 6.07) is 6.14. The molecule has 0 aliphatic heterocycles. The monoisotopic (exact) mass is 279 g/mol. The fraction of sp³-hybridized carbons (Fsp3) is 0.250. The van der Waals surface area contributed by atoms with Gasteiger partial charge in [0.15, 0.2) is 5.13 Å². The van der Waals surface area contributed by atoms with Gasteiger partial charge in [-0.05, 0) is 13.0 Å². The molecule has 0 atom stereocenters. The number of hydrogen-bond acceptors (Lipinski definition) is 6. The second-order valence-electron chi connectivity index (χ2n) is 3.71. The molecule has 2 rings (SSSR count). The van der Waals surface area contributed by atoms with E-state index in [-0.39, 0.29) is 5.69 Å². The Morgan fingerprint density at radius 2 is 2.37 bits per heavy atom. The largest absolute Gasteiger partial charge is 0.488 e. The van der Waals surface area contributed by atoms with Gasteiger partial charge < -0.3 is 10.1 Å². The van der Waals surface area contributed by atoms with E-state index in [4.69, 9.17) is 4.74 Å². The molecule has 2 aromatic rings. The van der Waals surface area contributed by atoms with E-state index in [9.17, 15) is 10.1 Å². The summed E-state index contributed by atoms with van der Waals surface area (Å²) in [7, 11) is 0. The first-order chi connectivity index (χ1) is 9.19. The number of aromatic nitrogens is 1. The van der Waals surface area contributed by atoms with E-state index >= 15 is 0 Å². The highest BCUT2D eigenvalue weighted by Gasteiger charge is 2.07. The Balaban J connectivity index is 1.97. The summed E-state index contributed by atoms with van der Waals surface area (Å²) in [5.41, 5.74) is 0.0233. The quantitative estimate of drug-likeness (QED) is 0.649. The van der Waals surface area contributed by atoms with Crippen LogP contribution in [0.5, 0.6) is 5.75 Å². The predicted octanol–water partition coefficient (Wildman–Crippen LogP) is 3.06. The summed E-state index contributed by atoms with van der Waals surface area (Å²) in [5, 5.41) is 14.6. The molecule has 0 radical (unpaired) electrons. The second-order valence-corrected chi connectivity index (χ2v) is 4.82. The maximum absolute atomic E-state index is 10.6. The van der Waals surface area contributed by atoms with Crippen LogP contribution in [-0.2, 0) is 6.61 Å². The van der Waals surface area contributed by atoms with Gasteiger partial charge in [-0.15, -0.1) is 0 Å². The Morgan fingerprint density at radius 3 is 3.11 bits per heavy atom. The number of hydrogen-bond donors (Lipinski definition) is 1. The third kappa shape index (κ3) is 3.65. The van der Waals surface area contributed by atoms with E-state index in [0.717, 1.165) is 16.6 Å². The van der Waals surface area contributed by atoms with Crippen molar-refractivity contribution in [1.82, 2.24) is 4.98 Å². The van der Waals surface area contributed by atoms with Crippen LogP contribution in [0.4, 0.5) is 10.8 Å². The maximum atomic E-state index is 10.6. The average Bonchev–Trinajstić information content (AvgIpc) is 2.85. The van der Waals surface area contributed by atoms with Crippen molar-refractivity contribution in [2.24, 2.45) is 0 Å². The zero-order chi connectivity index (χ0) is 13.7. The van der Waals surface area contributed by atoms with E-state index in [1.54, 1.807) is 18.3 Å². The lowest BCUT2D eigenvalue weighted by Crippen LogP contribution is -1.94. The van der Waals surface area contributed by atoms with Crippen LogP contribution in [0.15, 0.2) is 30.5 Å². The summed E-state index contributed by atoms with van der Waals surface area (Å²) in [4.78, 5) is 15.3. The molecule has 1 aromatic carbocycles. The van der Waals surface area contributed by atoms with Gasteiger partial charge in [-0.25, -0.2) is 4.98 Å². The van der Waals surface area contributed by atoms with Crippen molar-refractivity contribution in [3.8, 4) is 5.75 Å².